The van der Waals surface area contributed by atoms with E-state index in [2.05, 4.69) is 14.5 Å². The van der Waals surface area contributed by atoms with Gasteiger partial charge in [-0.25, -0.2) is 0 Å². The number of rotatable bonds is 4. The molecule has 5 nitrogen and oxygen atoms in total. The molecule has 1 heterocycles. The van der Waals surface area contributed by atoms with E-state index < -0.39 is 18.1 Å². The number of alkyl halides is 3. The van der Waals surface area contributed by atoms with Gasteiger partial charge < -0.3 is 15.2 Å². The number of carbonyl (C=O) groups excluding carboxylic acids is 1. The van der Waals surface area contributed by atoms with Crippen molar-refractivity contribution in [1.29, 1.82) is 0 Å². The predicted molar refractivity (Wildman–Crippen MR) is 67.2 cm³/mol. The quantitative estimate of drug-likeness (QED) is 0.627. The number of hydrogen-bond donors (Lipinski definition) is 1. The van der Waals surface area contributed by atoms with Crippen molar-refractivity contribution in [1.82, 2.24) is 4.98 Å². The minimum atomic E-state index is -4.82. The van der Waals surface area contributed by atoms with Crippen molar-refractivity contribution in [2.24, 2.45) is 5.73 Å². The van der Waals surface area contributed by atoms with Crippen molar-refractivity contribution in [3.8, 4) is 5.75 Å². The van der Waals surface area contributed by atoms with Crippen LogP contribution in [0, 0.1) is 3.57 Å². The monoisotopic (exact) mass is 390 g/mol. The third-order valence-corrected chi connectivity index (χ3v) is 2.98. The molecule has 1 aromatic heterocycles. The topological polar surface area (TPSA) is 74.4 Å². The molecule has 0 fully saturated rings. The van der Waals surface area contributed by atoms with Gasteiger partial charge in [-0.3, -0.25) is 9.78 Å². The van der Waals surface area contributed by atoms with Crippen LogP contribution in [0.5, 0.6) is 5.75 Å². The molecule has 0 saturated heterocycles. The molecule has 1 aromatic rings. The molecule has 0 unspecified atom stereocenters. The Labute approximate surface area is 120 Å². The SMILES string of the molecule is COC(=O)Cc1nc(CN)c(OC(F)(F)F)cc1I. The lowest BCUT2D eigenvalue weighted by molar-refractivity contribution is -0.275. The van der Waals surface area contributed by atoms with E-state index in [9.17, 15) is 18.0 Å². The molecular formula is C10H10F3IN2O3. The number of halogens is 4. The van der Waals surface area contributed by atoms with Gasteiger partial charge >= 0.3 is 12.3 Å². The van der Waals surface area contributed by atoms with E-state index in [1.165, 1.54) is 7.11 Å². The fourth-order valence-corrected chi connectivity index (χ4v) is 1.84. The maximum Gasteiger partial charge on any atom is 0.573 e. The van der Waals surface area contributed by atoms with Gasteiger partial charge in [0.2, 0.25) is 0 Å². The van der Waals surface area contributed by atoms with Crippen molar-refractivity contribution in [3.63, 3.8) is 0 Å². The Morgan fingerprint density at radius 2 is 2.11 bits per heavy atom. The predicted octanol–water partition coefficient (Wildman–Crippen LogP) is 1.76. The highest BCUT2D eigenvalue weighted by Crippen LogP contribution is 2.28. The van der Waals surface area contributed by atoms with E-state index in [0.29, 0.717) is 9.26 Å². The molecular weight excluding hydrogens is 380 g/mol. The van der Waals surface area contributed by atoms with E-state index >= 15 is 0 Å². The number of ether oxygens (including phenoxy) is 2. The first-order valence-electron chi connectivity index (χ1n) is 4.97. The molecule has 19 heavy (non-hydrogen) atoms. The Hall–Kier alpha value is -1.10. The lowest BCUT2D eigenvalue weighted by Crippen LogP contribution is -2.20. The first-order valence-corrected chi connectivity index (χ1v) is 6.05. The Morgan fingerprint density at radius 3 is 2.58 bits per heavy atom. The zero-order valence-electron chi connectivity index (χ0n) is 9.75. The molecule has 0 aromatic carbocycles. The number of nitrogens with zero attached hydrogens (tertiary/aromatic N) is 1. The lowest BCUT2D eigenvalue weighted by Gasteiger charge is -2.14. The second kappa shape index (κ2) is 6.37. The maximum absolute atomic E-state index is 12.2. The molecule has 0 bridgehead atoms. The van der Waals surface area contributed by atoms with Crippen LogP contribution >= 0.6 is 22.6 Å². The standard InChI is InChI=1S/C10H10F3IN2O3/c1-18-9(17)3-6-5(14)2-8(7(4-15)16-6)19-10(11,12)13/h2H,3-4,15H2,1H3. The third-order valence-electron chi connectivity index (χ3n) is 2.05. The Balaban J connectivity index is 3.10. The summed E-state index contributed by atoms with van der Waals surface area (Å²) >= 11 is 1.76. The minimum Gasteiger partial charge on any atom is -0.469 e. The van der Waals surface area contributed by atoms with Crippen molar-refractivity contribution in [2.75, 3.05) is 7.11 Å². The zero-order chi connectivity index (χ0) is 14.6. The van der Waals surface area contributed by atoms with E-state index in [-0.39, 0.29) is 18.7 Å². The van der Waals surface area contributed by atoms with Crippen molar-refractivity contribution >= 4 is 28.6 Å². The van der Waals surface area contributed by atoms with Crippen molar-refractivity contribution in [2.45, 2.75) is 19.3 Å². The number of aromatic nitrogens is 1. The summed E-state index contributed by atoms with van der Waals surface area (Å²) in [6.45, 7) is -0.240. The van der Waals surface area contributed by atoms with Gasteiger partial charge in [-0.15, -0.1) is 13.2 Å². The molecule has 0 aliphatic rings. The summed E-state index contributed by atoms with van der Waals surface area (Å²) in [7, 11) is 1.21. The number of nitrogens with two attached hydrogens (primary N) is 1. The van der Waals surface area contributed by atoms with Gasteiger partial charge in [-0.1, -0.05) is 0 Å². The van der Waals surface area contributed by atoms with Crippen molar-refractivity contribution < 1.29 is 27.4 Å². The Bertz CT molecular complexity index is 480. The number of pyridine rings is 1. The van der Waals surface area contributed by atoms with Gasteiger partial charge in [0.05, 0.1) is 24.9 Å². The average Bonchev–Trinajstić information content (AvgIpc) is 2.30. The van der Waals surface area contributed by atoms with Crippen LogP contribution in [0.4, 0.5) is 13.2 Å². The minimum absolute atomic E-state index is 0.0726. The molecule has 0 aliphatic carbocycles. The summed E-state index contributed by atoms with van der Waals surface area (Å²) in [6, 6.07) is 1.14. The number of methoxy groups -OCH3 is 1. The van der Waals surface area contributed by atoms with Crippen LogP contribution in [0.3, 0.4) is 0 Å². The summed E-state index contributed by atoms with van der Waals surface area (Å²) in [6.07, 6.45) is -4.97. The second-order valence-electron chi connectivity index (χ2n) is 3.37. The zero-order valence-corrected chi connectivity index (χ0v) is 11.9. The first kappa shape index (κ1) is 16.0. The molecule has 106 valence electrons. The third kappa shape index (κ3) is 4.82. The molecule has 2 N–H and O–H groups in total. The number of carbonyl (C=O) groups is 1. The summed E-state index contributed by atoms with van der Waals surface area (Å²) in [4.78, 5) is 15.0. The smallest absolute Gasteiger partial charge is 0.469 e. The highest BCUT2D eigenvalue weighted by molar-refractivity contribution is 14.1. The Morgan fingerprint density at radius 1 is 1.47 bits per heavy atom. The molecule has 0 aliphatic heterocycles. The van der Waals surface area contributed by atoms with E-state index in [4.69, 9.17) is 5.73 Å². The van der Waals surface area contributed by atoms with Gasteiger partial charge in [0.1, 0.15) is 0 Å². The van der Waals surface area contributed by atoms with Gasteiger partial charge in [-0.2, -0.15) is 0 Å². The van der Waals surface area contributed by atoms with E-state index in [0.717, 1.165) is 6.07 Å². The Kier molecular flexibility index (Phi) is 5.35. The highest BCUT2D eigenvalue weighted by Gasteiger charge is 2.32. The molecule has 0 radical (unpaired) electrons. The van der Waals surface area contributed by atoms with Gasteiger partial charge in [-0.05, 0) is 28.7 Å². The summed E-state index contributed by atoms with van der Waals surface area (Å²) in [5.41, 5.74) is 5.54. The van der Waals surface area contributed by atoms with Crippen LogP contribution in [0.15, 0.2) is 6.07 Å². The second-order valence-corrected chi connectivity index (χ2v) is 4.53. The molecule has 0 saturated carbocycles. The lowest BCUT2D eigenvalue weighted by atomic mass is 10.2. The largest absolute Gasteiger partial charge is 0.573 e. The molecule has 0 spiro atoms. The summed E-state index contributed by atoms with van der Waals surface area (Å²) in [5, 5.41) is 0. The van der Waals surface area contributed by atoms with Gasteiger partial charge in [0.15, 0.2) is 5.75 Å². The fraction of sp³-hybridized carbons (Fsp3) is 0.400. The maximum atomic E-state index is 12.2. The van der Waals surface area contributed by atoms with Crippen LogP contribution < -0.4 is 10.5 Å². The highest BCUT2D eigenvalue weighted by atomic mass is 127. The van der Waals surface area contributed by atoms with Gasteiger partial charge in [0.25, 0.3) is 0 Å². The summed E-state index contributed by atoms with van der Waals surface area (Å²) in [5.74, 6) is -1.01. The van der Waals surface area contributed by atoms with E-state index in [1.54, 1.807) is 22.6 Å². The number of esters is 1. The van der Waals surface area contributed by atoms with Crippen LogP contribution in [0.2, 0.25) is 0 Å². The molecule has 0 amide bonds. The average molecular weight is 390 g/mol. The van der Waals surface area contributed by atoms with E-state index in [1.807, 2.05) is 0 Å². The summed E-state index contributed by atoms with van der Waals surface area (Å²) < 4.78 is 45.2. The molecule has 1 rings (SSSR count). The fourth-order valence-electron chi connectivity index (χ4n) is 1.25. The van der Waals surface area contributed by atoms with Crippen LogP contribution in [0.25, 0.3) is 0 Å². The number of hydrogen-bond acceptors (Lipinski definition) is 5. The van der Waals surface area contributed by atoms with Crippen LogP contribution in [-0.2, 0) is 22.5 Å². The first-order chi connectivity index (χ1) is 8.76. The van der Waals surface area contributed by atoms with Gasteiger partial charge in [0, 0.05) is 10.1 Å². The molecule has 9 heteroatoms. The van der Waals surface area contributed by atoms with Crippen LogP contribution in [0.1, 0.15) is 11.4 Å². The molecule has 0 atom stereocenters. The van der Waals surface area contributed by atoms with Crippen molar-refractivity contribution in [3.05, 3.63) is 21.0 Å². The normalized spacial score (nSPS) is 11.3. The van der Waals surface area contributed by atoms with Crippen LogP contribution in [-0.4, -0.2) is 24.4 Å².